The van der Waals surface area contributed by atoms with Gasteiger partial charge in [0.15, 0.2) is 0 Å². The number of Topliss-reactive ketones (excluding diaryl/α,β-unsaturated/α-hetero) is 1. The lowest BCUT2D eigenvalue weighted by molar-refractivity contribution is -0.315. The van der Waals surface area contributed by atoms with E-state index in [1.54, 1.807) is 0 Å². The van der Waals surface area contributed by atoms with E-state index in [2.05, 4.69) is 6.92 Å². The first kappa shape index (κ1) is 15.6. The van der Waals surface area contributed by atoms with Crippen LogP contribution in [0.2, 0.25) is 0 Å². The Labute approximate surface area is 97.3 Å². The topological polar surface area (TPSA) is 77.8 Å². The summed E-state index contributed by atoms with van der Waals surface area (Å²) in [5.74, 6) is -2.26. The molecule has 16 heavy (non-hydrogen) atoms. The second-order valence-electron chi connectivity index (χ2n) is 4.33. The average Bonchev–Trinajstić information content (AvgIpc) is 2.16. The van der Waals surface area contributed by atoms with Gasteiger partial charge in [0.1, 0.15) is 5.78 Å². The third-order valence-corrected chi connectivity index (χ3v) is 2.53. The van der Waals surface area contributed by atoms with Gasteiger partial charge in [-0.2, -0.15) is 0 Å². The fraction of sp³-hybridized carbons (Fsp3) is 0.917. The minimum atomic E-state index is -2.55. The van der Waals surface area contributed by atoms with Crippen LogP contribution in [0.4, 0.5) is 0 Å². The summed E-state index contributed by atoms with van der Waals surface area (Å²) in [5, 5.41) is 25.8. The third-order valence-electron chi connectivity index (χ3n) is 2.53. The van der Waals surface area contributed by atoms with Crippen LogP contribution in [0.25, 0.3) is 0 Å². The molecule has 0 saturated carbocycles. The summed E-state index contributed by atoms with van der Waals surface area (Å²) >= 11 is 0. The number of aliphatic hydroxyl groups is 3. The Bertz CT molecular complexity index is 184. The lowest BCUT2D eigenvalue weighted by Crippen LogP contribution is -2.26. The predicted octanol–water partition coefficient (Wildman–Crippen LogP) is 1.72. The molecule has 0 saturated heterocycles. The molecular formula is C12H24O4. The van der Waals surface area contributed by atoms with Gasteiger partial charge in [0.25, 0.3) is 5.97 Å². The van der Waals surface area contributed by atoms with Crippen molar-refractivity contribution in [3.05, 3.63) is 0 Å². The number of ketones is 1. The average molecular weight is 232 g/mol. The van der Waals surface area contributed by atoms with Crippen LogP contribution in [0.3, 0.4) is 0 Å². The van der Waals surface area contributed by atoms with Gasteiger partial charge in [-0.25, -0.2) is 0 Å². The standard InChI is InChI=1S/C12H24O4/c1-2-3-5-8-11(13)9-6-4-7-10-12(14,15)16/h14-16H,2-10H2,1H3. The Morgan fingerprint density at radius 1 is 0.938 bits per heavy atom. The van der Waals surface area contributed by atoms with Gasteiger partial charge in [-0.1, -0.05) is 26.2 Å². The van der Waals surface area contributed by atoms with Crippen LogP contribution in [0.5, 0.6) is 0 Å². The molecule has 0 amide bonds. The largest absolute Gasteiger partial charge is 0.344 e. The molecule has 3 N–H and O–H groups in total. The van der Waals surface area contributed by atoms with Crippen LogP contribution in [0, 0.1) is 0 Å². The summed E-state index contributed by atoms with van der Waals surface area (Å²) in [6.07, 6.45) is 6.40. The zero-order valence-electron chi connectivity index (χ0n) is 10.1. The smallest absolute Gasteiger partial charge is 0.275 e. The molecule has 0 aliphatic rings. The van der Waals surface area contributed by atoms with Gasteiger partial charge in [-0.15, -0.1) is 0 Å². The Hall–Kier alpha value is -0.450. The van der Waals surface area contributed by atoms with E-state index < -0.39 is 5.97 Å². The Morgan fingerprint density at radius 3 is 2.00 bits per heavy atom. The van der Waals surface area contributed by atoms with Crippen molar-refractivity contribution in [2.24, 2.45) is 0 Å². The Kier molecular flexibility index (Phi) is 8.43. The minimum absolute atomic E-state index is 0.0585. The van der Waals surface area contributed by atoms with Crippen molar-refractivity contribution in [2.75, 3.05) is 0 Å². The predicted molar refractivity (Wildman–Crippen MR) is 61.6 cm³/mol. The first-order valence-corrected chi connectivity index (χ1v) is 6.14. The Morgan fingerprint density at radius 2 is 1.50 bits per heavy atom. The first-order chi connectivity index (χ1) is 7.45. The molecule has 0 aliphatic heterocycles. The van der Waals surface area contributed by atoms with E-state index in [1.807, 2.05) is 0 Å². The van der Waals surface area contributed by atoms with Crippen molar-refractivity contribution < 1.29 is 20.1 Å². The first-order valence-electron chi connectivity index (χ1n) is 6.14. The highest BCUT2D eigenvalue weighted by atomic mass is 16.7. The summed E-state index contributed by atoms with van der Waals surface area (Å²) in [6.45, 7) is 2.11. The van der Waals surface area contributed by atoms with Gasteiger partial charge >= 0.3 is 0 Å². The fourth-order valence-corrected chi connectivity index (χ4v) is 1.56. The normalized spacial score (nSPS) is 11.8. The number of carbonyl (C=O) groups excluding carboxylic acids is 1. The molecule has 0 aromatic carbocycles. The second-order valence-corrected chi connectivity index (χ2v) is 4.33. The van der Waals surface area contributed by atoms with Crippen molar-refractivity contribution in [2.45, 2.75) is 70.7 Å². The van der Waals surface area contributed by atoms with E-state index in [-0.39, 0.29) is 12.2 Å². The summed E-state index contributed by atoms with van der Waals surface area (Å²) < 4.78 is 0. The van der Waals surface area contributed by atoms with Crippen molar-refractivity contribution in [1.29, 1.82) is 0 Å². The zero-order valence-corrected chi connectivity index (χ0v) is 10.1. The van der Waals surface area contributed by atoms with Gasteiger partial charge in [-0.3, -0.25) is 4.79 Å². The van der Waals surface area contributed by atoms with Crippen LogP contribution in [0.15, 0.2) is 0 Å². The summed E-state index contributed by atoms with van der Waals surface area (Å²) in [7, 11) is 0. The van der Waals surface area contributed by atoms with Crippen molar-refractivity contribution in [1.82, 2.24) is 0 Å². The van der Waals surface area contributed by atoms with E-state index in [0.29, 0.717) is 19.3 Å². The molecule has 0 heterocycles. The van der Waals surface area contributed by atoms with Crippen LogP contribution in [-0.2, 0) is 4.79 Å². The number of rotatable bonds is 10. The lowest BCUT2D eigenvalue weighted by atomic mass is 10.1. The van der Waals surface area contributed by atoms with E-state index in [1.165, 1.54) is 0 Å². The summed E-state index contributed by atoms with van der Waals surface area (Å²) in [4.78, 5) is 11.3. The molecule has 0 aromatic heterocycles. The molecule has 0 bridgehead atoms. The molecule has 0 aliphatic carbocycles. The number of unbranched alkanes of at least 4 members (excludes halogenated alkanes) is 4. The van der Waals surface area contributed by atoms with Crippen molar-refractivity contribution >= 4 is 5.78 Å². The van der Waals surface area contributed by atoms with Gasteiger partial charge in [0, 0.05) is 19.3 Å². The monoisotopic (exact) mass is 232 g/mol. The quantitative estimate of drug-likeness (QED) is 0.396. The van der Waals surface area contributed by atoms with Gasteiger partial charge in [0.05, 0.1) is 0 Å². The summed E-state index contributed by atoms with van der Waals surface area (Å²) in [5.41, 5.74) is 0. The van der Waals surface area contributed by atoms with E-state index in [4.69, 9.17) is 15.3 Å². The highest BCUT2D eigenvalue weighted by Crippen LogP contribution is 2.11. The molecule has 0 radical (unpaired) electrons. The highest BCUT2D eigenvalue weighted by molar-refractivity contribution is 5.78. The summed E-state index contributed by atoms with van der Waals surface area (Å²) in [6, 6.07) is 0. The third kappa shape index (κ3) is 11.6. The van der Waals surface area contributed by atoms with Crippen LogP contribution >= 0.6 is 0 Å². The van der Waals surface area contributed by atoms with Gasteiger partial charge in [-0.05, 0) is 19.3 Å². The van der Waals surface area contributed by atoms with Crippen LogP contribution in [-0.4, -0.2) is 27.1 Å². The van der Waals surface area contributed by atoms with E-state index >= 15 is 0 Å². The molecule has 0 fully saturated rings. The van der Waals surface area contributed by atoms with E-state index in [0.717, 1.165) is 32.1 Å². The molecule has 0 rings (SSSR count). The molecule has 0 aromatic rings. The molecule has 4 heteroatoms. The maximum absolute atomic E-state index is 11.3. The second kappa shape index (κ2) is 8.67. The van der Waals surface area contributed by atoms with Crippen LogP contribution < -0.4 is 0 Å². The fourth-order valence-electron chi connectivity index (χ4n) is 1.56. The van der Waals surface area contributed by atoms with Gasteiger partial charge < -0.3 is 15.3 Å². The number of hydrogen-bond donors (Lipinski definition) is 3. The maximum Gasteiger partial charge on any atom is 0.275 e. The molecule has 96 valence electrons. The van der Waals surface area contributed by atoms with Crippen LogP contribution in [0.1, 0.15) is 64.7 Å². The van der Waals surface area contributed by atoms with E-state index in [9.17, 15) is 4.79 Å². The maximum atomic E-state index is 11.3. The molecular weight excluding hydrogens is 208 g/mol. The minimum Gasteiger partial charge on any atom is -0.344 e. The van der Waals surface area contributed by atoms with Gasteiger partial charge in [0.2, 0.25) is 0 Å². The lowest BCUT2D eigenvalue weighted by Gasteiger charge is -2.12. The SMILES string of the molecule is CCCCCC(=O)CCCCCC(O)(O)O. The highest BCUT2D eigenvalue weighted by Gasteiger charge is 2.16. The Balaban J connectivity index is 3.28. The number of carbonyl (C=O) groups is 1. The molecule has 4 nitrogen and oxygen atoms in total. The number of hydrogen-bond acceptors (Lipinski definition) is 4. The molecule has 0 spiro atoms. The van der Waals surface area contributed by atoms with Crippen molar-refractivity contribution in [3.8, 4) is 0 Å². The van der Waals surface area contributed by atoms with Crippen molar-refractivity contribution in [3.63, 3.8) is 0 Å². The molecule has 0 atom stereocenters. The molecule has 0 unspecified atom stereocenters. The zero-order chi connectivity index (χ0) is 12.4.